The Morgan fingerprint density at radius 1 is 0.315 bits per heavy atom. The third-order valence-corrected chi connectivity index (χ3v) is 18.8. The molecule has 0 aromatic rings. The first kappa shape index (κ1) is 87.1. The fourth-order valence-electron chi connectivity index (χ4n) is 10.5. The van der Waals surface area contributed by atoms with E-state index in [9.17, 15) is 43.2 Å². The minimum atomic E-state index is -4.95. The van der Waals surface area contributed by atoms with Gasteiger partial charge in [0, 0.05) is 25.7 Å². The second-order valence-corrected chi connectivity index (χ2v) is 28.7. The highest BCUT2D eigenvalue weighted by Crippen LogP contribution is 2.45. The van der Waals surface area contributed by atoms with Gasteiger partial charge in [-0.1, -0.05) is 305 Å². The minimum absolute atomic E-state index is 0.103. The average molecular weight is 1310 g/mol. The number of hydrogen-bond donors (Lipinski definition) is 3. The van der Waals surface area contributed by atoms with Gasteiger partial charge in [-0.15, -0.1) is 0 Å². The summed E-state index contributed by atoms with van der Waals surface area (Å²) in [5, 5.41) is 10.6. The van der Waals surface area contributed by atoms with E-state index in [1.54, 1.807) is 0 Å². The Morgan fingerprint density at radius 3 is 0.798 bits per heavy atom. The fraction of sp³-hybridized carbons (Fsp3) is 0.943. The smallest absolute Gasteiger partial charge is 0.462 e. The van der Waals surface area contributed by atoms with E-state index < -0.39 is 97.5 Å². The van der Waals surface area contributed by atoms with Gasteiger partial charge in [-0.05, 0) is 37.5 Å². The maximum Gasteiger partial charge on any atom is 0.472 e. The number of ether oxygens (including phenoxy) is 4. The second-order valence-electron chi connectivity index (χ2n) is 25.8. The average Bonchev–Trinajstić information content (AvgIpc) is 3.53. The summed E-state index contributed by atoms with van der Waals surface area (Å²) in [5.74, 6) is -0.599. The molecular weight excluding hydrogens is 1170 g/mol. The summed E-state index contributed by atoms with van der Waals surface area (Å²) in [7, 11) is -9.90. The van der Waals surface area contributed by atoms with Crippen molar-refractivity contribution in [1.29, 1.82) is 0 Å². The van der Waals surface area contributed by atoms with Gasteiger partial charge in [0.05, 0.1) is 26.4 Å². The molecular formula is C70H136O17P2. The van der Waals surface area contributed by atoms with Gasteiger partial charge in [-0.3, -0.25) is 37.3 Å². The summed E-state index contributed by atoms with van der Waals surface area (Å²) in [4.78, 5) is 72.4. The van der Waals surface area contributed by atoms with Crippen molar-refractivity contribution in [1.82, 2.24) is 0 Å². The van der Waals surface area contributed by atoms with Crippen LogP contribution in [0, 0.1) is 11.8 Å². The molecule has 0 saturated carbocycles. The lowest BCUT2D eigenvalue weighted by Crippen LogP contribution is -2.30. The summed E-state index contributed by atoms with van der Waals surface area (Å²) in [6.07, 6.45) is 47.2. The van der Waals surface area contributed by atoms with Crippen molar-refractivity contribution in [2.24, 2.45) is 11.8 Å². The maximum absolute atomic E-state index is 13.0. The number of carbonyl (C=O) groups is 4. The quantitative estimate of drug-likeness (QED) is 0.0222. The molecule has 0 aromatic carbocycles. The van der Waals surface area contributed by atoms with Gasteiger partial charge in [0.25, 0.3) is 0 Å². The van der Waals surface area contributed by atoms with Crippen LogP contribution in [0.1, 0.15) is 356 Å². The Morgan fingerprint density at radius 2 is 0.539 bits per heavy atom. The van der Waals surface area contributed by atoms with Crippen LogP contribution < -0.4 is 0 Å². The Kier molecular flexibility index (Phi) is 60.8. The molecule has 0 rings (SSSR count). The number of aliphatic hydroxyl groups excluding tert-OH is 1. The highest BCUT2D eigenvalue weighted by Gasteiger charge is 2.30. The summed E-state index contributed by atoms with van der Waals surface area (Å²) in [6.45, 7) is 9.50. The maximum atomic E-state index is 13.0. The van der Waals surface area contributed by atoms with Gasteiger partial charge in [-0.25, -0.2) is 9.13 Å². The fourth-order valence-corrected chi connectivity index (χ4v) is 12.1. The van der Waals surface area contributed by atoms with Gasteiger partial charge < -0.3 is 33.8 Å². The molecule has 0 aromatic heterocycles. The molecule has 0 radical (unpaired) electrons. The first-order valence-electron chi connectivity index (χ1n) is 36.6. The molecule has 17 nitrogen and oxygen atoms in total. The second kappa shape index (κ2) is 62.2. The monoisotopic (exact) mass is 1310 g/mol. The summed E-state index contributed by atoms with van der Waals surface area (Å²) in [6, 6.07) is 0. The zero-order chi connectivity index (χ0) is 65.7. The molecule has 19 heteroatoms. The Bertz CT molecular complexity index is 1740. The zero-order valence-corrected chi connectivity index (χ0v) is 59.5. The van der Waals surface area contributed by atoms with E-state index in [0.29, 0.717) is 25.7 Å². The highest BCUT2D eigenvalue weighted by atomic mass is 31.2. The van der Waals surface area contributed by atoms with Crippen LogP contribution in [0.3, 0.4) is 0 Å². The van der Waals surface area contributed by atoms with E-state index >= 15 is 0 Å². The molecule has 0 bridgehead atoms. The summed E-state index contributed by atoms with van der Waals surface area (Å²) in [5.41, 5.74) is 0. The summed E-state index contributed by atoms with van der Waals surface area (Å²) < 4.78 is 68.2. The first-order chi connectivity index (χ1) is 42.9. The van der Waals surface area contributed by atoms with Crippen LogP contribution in [0.15, 0.2) is 0 Å². The van der Waals surface area contributed by atoms with E-state index in [1.807, 2.05) is 0 Å². The SMILES string of the molecule is CCCCCCCCCCCCCCCCCCCC(=O)O[C@H](COC(=O)CCCCCCCCCCCCC(C)CC)COP(=O)(O)OC[C@@H](O)COP(=O)(O)OC[C@@H](COC(=O)CCCCCCCCCC)OC(=O)CCCCCCCCC(C)CC. The van der Waals surface area contributed by atoms with Crippen LogP contribution in [0.4, 0.5) is 0 Å². The number of aliphatic hydroxyl groups is 1. The van der Waals surface area contributed by atoms with Crippen LogP contribution >= 0.6 is 15.6 Å². The minimum Gasteiger partial charge on any atom is -0.462 e. The molecule has 0 saturated heterocycles. The molecule has 3 N–H and O–H groups in total. The predicted molar refractivity (Wildman–Crippen MR) is 358 cm³/mol. The lowest BCUT2D eigenvalue weighted by molar-refractivity contribution is -0.161. The first-order valence-corrected chi connectivity index (χ1v) is 39.6. The van der Waals surface area contributed by atoms with Crippen molar-refractivity contribution in [2.45, 2.75) is 374 Å². The zero-order valence-electron chi connectivity index (χ0n) is 57.7. The third-order valence-electron chi connectivity index (χ3n) is 16.9. The number of phosphoric ester groups is 2. The van der Waals surface area contributed by atoms with Crippen molar-refractivity contribution in [3.8, 4) is 0 Å². The van der Waals surface area contributed by atoms with Crippen LogP contribution in [-0.2, 0) is 65.4 Å². The van der Waals surface area contributed by atoms with Crippen molar-refractivity contribution in [2.75, 3.05) is 39.6 Å². The lowest BCUT2D eigenvalue weighted by Gasteiger charge is -2.21. The van der Waals surface area contributed by atoms with Gasteiger partial charge in [0.15, 0.2) is 12.2 Å². The van der Waals surface area contributed by atoms with Crippen molar-refractivity contribution in [3.05, 3.63) is 0 Å². The highest BCUT2D eigenvalue weighted by molar-refractivity contribution is 7.47. The third kappa shape index (κ3) is 62.0. The molecule has 4 unspecified atom stereocenters. The number of phosphoric acid groups is 2. The molecule has 0 heterocycles. The van der Waals surface area contributed by atoms with Crippen LogP contribution in [-0.4, -0.2) is 96.7 Å². The molecule has 0 spiro atoms. The van der Waals surface area contributed by atoms with Crippen molar-refractivity contribution in [3.63, 3.8) is 0 Å². The van der Waals surface area contributed by atoms with Gasteiger partial charge in [-0.2, -0.15) is 0 Å². The van der Waals surface area contributed by atoms with E-state index in [4.69, 9.17) is 37.0 Å². The lowest BCUT2D eigenvalue weighted by atomic mass is 9.99. The number of unbranched alkanes of at least 4 members (excludes halogenated alkanes) is 37. The Hall–Kier alpha value is -1.94. The number of carbonyl (C=O) groups excluding carboxylic acids is 4. The molecule has 7 atom stereocenters. The molecule has 0 aliphatic carbocycles. The van der Waals surface area contributed by atoms with Crippen LogP contribution in [0.2, 0.25) is 0 Å². The standard InChI is InChI=1S/C70H136O17P2/c1-7-11-13-15-17-19-20-21-22-23-24-25-26-31-35-42-48-54-69(74)86-65(58-81-68(73)53-47-41-34-30-28-27-29-32-38-44-50-62(5)9-3)60-84-88(76,77)82-56-64(71)57-83-89(78,79)85-61-66(59-80-67(72)52-46-40-33-18-16-14-12-8-2)87-70(75)55-49-43-37-36-39-45-51-63(6)10-4/h62-66,71H,7-61H2,1-6H3,(H,76,77)(H,78,79)/t62?,63?,64-,65-,66-/m1/s1. The Balaban J connectivity index is 5.22. The Labute approximate surface area is 543 Å². The normalized spacial score (nSPS) is 14.8. The molecule has 528 valence electrons. The van der Waals surface area contributed by atoms with Crippen LogP contribution in [0.25, 0.3) is 0 Å². The van der Waals surface area contributed by atoms with Crippen molar-refractivity contribution >= 4 is 39.5 Å². The van der Waals surface area contributed by atoms with Gasteiger partial charge in [0.1, 0.15) is 19.3 Å². The van der Waals surface area contributed by atoms with Gasteiger partial charge in [0.2, 0.25) is 0 Å². The number of esters is 4. The van der Waals surface area contributed by atoms with Crippen LogP contribution in [0.5, 0.6) is 0 Å². The summed E-state index contributed by atoms with van der Waals surface area (Å²) >= 11 is 0. The number of hydrogen-bond acceptors (Lipinski definition) is 15. The molecule has 0 aliphatic rings. The molecule has 0 aliphatic heterocycles. The number of rotatable bonds is 69. The molecule has 89 heavy (non-hydrogen) atoms. The largest absolute Gasteiger partial charge is 0.472 e. The van der Waals surface area contributed by atoms with Crippen molar-refractivity contribution < 1.29 is 80.2 Å². The van der Waals surface area contributed by atoms with E-state index in [0.717, 1.165) is 108 Å². The van der Waals surface area contributed by atoms with E-state index in [2.05, 4.69) is 41.5 Å². The molecule has 0 fully saturated rings. The van der Waals surface area contributed by atoms with Gasteiger partial charge >= 0.3 is 39.5 Å². The molecule has 0 amide bonds. The topological polar surface area (TPSA) is 237 Å². The van der Waals surface area contributed by atoms with E-state index in [-0.39, 0.29) is 25.7 Å². The van der Waals surface area contributed by atoms with E-state index in [1.165, 1.54) is 167 Å². The predicted octanol–water partition coefficient (Wildman–Crippen LogP) is 20.0.